The average molecular weight is 269 g/mol. The van der Waals surface area contributed by atoms with Crippen LogP contribution in [0.1, 0.15) is 5.56 Å². The number of piperazine rings is 1. The van der Waals surface area contributed by atoms with Gasteiger partial charge in [-0.1, -0.05) is 0 Å². The lowest BCUT2D eigenvalue weighted by atomic mass is 10.1. The molecule has 1 aromatic carbocycles. The highest BCUT2D eigenvalue weighted by molar-refractivity contribution is 7.88. The Kier molecular flexibility index (Phi) is 3.49. The van der Waals surface area contributed by atoms with Crippen LogP contribution in [0, 0.1) is 6.92 Å². The molecular weight excluding hydrogens is 250 g/mol. The monoisotopic (exact) mass is 269 g/mol. The summed E-state index contributed by atoms with van der Waals surface area (Å²) in [6.45, 7) is 4.55. The summed E-state index contributed by atoms with van der Waals surface area (Å²) in [6.07, 6.45) is 1.26. The summed E-state index contributed by atoms with van der Waals surface area (Å²) in [7, 11) is -3.06. The Bertz CT molecular complexity index is 534. The van der Waals surface area contributed by atoms with Crippen LogP contribution in [0.5, 0.6) is 0 Å². The Morgan fingerprint density at radius 1 is 1.17 bits per heavy atom. The number of benzene rings is 1. The molecule has 1 fully saturated rings. The van der Waals surface area contributed by atoms with Crippen molar-refractivity contribution in [3.63, 3.8) is 0 Å². The first-order chi connectivity index (χ1) is 8.38. The molecule has 0 unspecified atom stereocenters. The molecule has 6 heteroatoms. The molecule has 0 spiro atoms. The van der Waals surface area contributed by atoms with Crippen molar-refractivity contribution in [3.05, 3.63) is 23.8 Å². The lowest BCUT2D eigenvalue weighted by molar-refractivity contribution is 0.388. The molecule has 2 N–H and O–H groups in total. The number of hydrogen-bond donors (Lipinski definition) is 1. The van der Waals surface area contributed by atoms with Gasteiger partial charge in [0.25, 0.3) is 0 Å². The van der Waals surface area contributed by atoms with Gasteiger partial charge in [0.1, 0.15) is 0 Å². The molecule has 0 saturated carbocycles. The fourth-order valence-corrected chi connectivity index (χ4v) is 3.12. The number of nitrogens with two attached hydrogens (primary N) is 1. The van der Waals surface area contributed by atoms with Crippen LogP contribution >= 0.6 is 0 Å². The highest BCUT2D eigenvalue weighted by Crippen LogP contribution is 2.23. The molecule has 0 bridgehead atoms. The highest BCUT2D eigenvalue weighted by Gasteiger charge is 2.23. The van der Waals surface area contributed by atoms with Gasteiger partial charge in [0, 0.05) is 37.6 Å². The van der Waals surface area contributed by atoms with Gasteiger partial charge in [-0.05, 0) is 30.7 Å². The molecule has 1 saturated heterocycles. The molecule has 100 valence electrons. The third kappa shape index (κ3) is 2.76. The summed E-state index contributed by atoms with van der Waals surface area (Å²) in [4.78, 5) is 2.20. The van der Waals surface area contributed by atoms with E-state index in [1.165, 1.54) is 10.6 Å². The topological polar surface area (TPSA) is 66.6 Å². The fourth-order valence-electron chi connectivity index (χ4n) is 2.29. The van der Waals surface area contributed by atoms with Crippen LogP contribution in [0.15, 0.2) is 18.2 Å². The molecule has 0 atom stereocenters. The van der Waals surface area contributed by atoms with Gasteiger partial charge in [-0.2, -0.15) is 4.31 Å². The van der Waals surface area contributed by atoms with E-state index in [0.717, 1.165) is 30.0 Å². The van der Waals surface area contributed by atoms with Gasteiger partial charge in [-0.3, -0.25) is 0 Å². The van der Waals surface area contributed by atoms with E-state index in [0.29, 0.717) is 13.1 Å². The second-order valence-electron chi connectivity index (χ2n) is 4.70. The number of hydrogen-bond acceptors (Lipinski definition) is 4. The zero-order chi connectivity index (χ0) is 13.3. The van der Waals surface area contributed by atoms with Gasteiger partial charge < -0.3 is 10.6 Å². The zero-order valence-corrected chi connectivity index (χ0v) is 11.6. The molecule has 1 heterocycles. The van der Waals surface area contributed by atoms with Gasteiger partial charge in [-0.15, -0.1) is 0 Å². The predicted molar refractivity (Wildman–Crippen MR) is 74.2 cm³/mol. The number of aryl methyl sites for hydroxylation is 1. The molecule has 0 radical (unpaired) electrons. The number of anilines is 2. The highest BCUT2D eigenvalue weighted by atomic mass is 32.2. The molecule has 1 aromatic rings. The van der Waals surface area contributed by atoms with Crippen molar-refractivity contribution in [2.75, 3.05) is 43.1 Å². The third-order valence-electron chi connectivity index (χ3n) is 3.27. The zero-order valence-electron chi connectivity index (χ0n) is 10.8. The summed E-state index contributed by atoms with van der Waals surface area (Å²) in [6, 6.07) is 5.82. The molecule has 5 nitrogen and oxygen atoms in total. The van der Waals surface area contributed by atoms with E-state index in [-0.39, 0.29) is 0 Å². The number of nitrogens with zero attached hydrogens (tertiary/aromatic N) is 2. The van der Waals surface area contributed by atoms with Crippen LogP contribution in [0.2, 0.25) is 0 Å². The molecule has 1 aliphatic heterocycles. The first-order valence-corrected chi connectivity index (χ1v) is 7.79. The minimum atomic E-state index is -3.06. The van der Waals surface area contributed by atoms with Gasteiger partial charge >= 0.3 is 0 Å². The van der Waals surface area contributed by atoms with Crippen LogP contribution in [-0.2, 0) is 10.0 Å². The fraction of sp³-hybridized carbons (Fsp3) is 0.500. The second-order valence-corrected chi connectivity index (χ2v) is 6.68. The average Bonchev–Trinajstić information content (AvgIpc) is 2.28. The molecule has 2 rings (SSSR count). The van der Waals surface area contributed by atoms with Crippen LogP contribution in [-0.4, -0.2) is 45.2 Å². The minimum absolute atomic E-state index is 0.544. The van der Waals surface area contributed by atoms with Crippen molar-refractivity contribution in [2.45, 2.75) is 6.92 Å². The van der Waals surface area contributed by atoms with Crippen LogP contribution < -0.4 is 10.6 Å². The number of rotatable bonds is 2. The minimum Gasteiger partial charge on any atom is -0.399 e. The SMILES string of the molecule is Cc1cc(N)ccc1N1CCN(S(C)(=O)=O)CC1. The molecule has 1 aliphatic rings. The van der Waals surface area contributed by atoms with Crippen LogP contribution in [0.4, 0.5) is 11.4 Å². The molecule has 0 aliphatic carbocycles. The Balaban J connectivity index is 2.10. The second kappa shape index (κ2) is 4.78. The van der Waals surface area contributed by atoms with E-state index in [2.05, 4.69) is 4.90 Å². The Labute approximate surface area is 108 Å². The summed E-state index contributed by atoms with van der Waals surface area (Å²) >= 11 is 0. The van der Waals surface area contributed by atoms with Crippen LogP contribution in [0.3, 0.4) is 0 Å². The van der Waals surface area contributed by atoms with Gasteiger partial charge in [0.15, 0.2) is 0 Å². The maximum absolute atomic E-state index is 11.4. The van der Waals surface area contributed by atoms with E-state index in [1.807, 2.05) is 25.1 Å². The largest absolute Gasteiger partial charge is 0.399 e. The summed E-state index contributed by atoms with van der Waals surface area (Å²) < 4.78 is 24.4. The quantitative estimate of drug-likeness (QED) is 0.801. The Morgan fingerprint density at radius 2 is 1.78 bits per heavy atom. The lowest BCUT2D eigenvalue weighted by Gasteiger charge is -2.35. The van der Waals surface area contributed by atoms with E-state index in [9.17, 15) is 8.42 Å². The number of nitrogen functional groups attached to an aromatic ring is 1. The van der Waals surface area contributed by atoms with Crippen molar-refractivity contribution >= 4 is 21.4 Å². The predicted octanol–water partition coefficient (Wildman–Crippen LogP) is 0.659. The maximum Gasteiger partial charge on any atom is 0.211 e. The van der Waals surface area contributed by atoms with Crippen molar-refractivity contribution in [1.29, 1.82) is 0 Å². The summed E-state index contributed by atoms with van der Waals surface area (Å²) in [5.41, 5.74) is 8.75. The van der Waals surface area contributed by atoms with E-state index < -0.39 is 10.0 Å². The Morgan fingerprint density at radius 3 is 2.28 bits per heavy atom. The summed E-state index contributed by atoms with van der Waals surface area (Å²) in [5.74, 6) is 0. The van der Waals surface area contributed by atoms with Crippen LogP contribution in [0.25, 0.3) is 0 Å². The lowest BCUT2D eigenvalue weighted by Crippen LogP contribution is -2.48. The van der Waals surface area contributed by atoms with E-state index in [4.69, 9.17) is 5.73 Å². The maximum atomic E-state index is 11.4. The van der Waals surface area contributed by atoms with Crippen molar-refractivity contribution in [3.8, 4) is 0 Å². The Hall–Kier alpha value is -1.27. The molecule has 0 amide bonds. The smallest absolute Gasteiger partial charge is 0.211 e. The van der Waals surface area contributed by atoms with Gasteiger partial charge in [0.05, 0.1) is 6.26 Å². The van der Waals surface area contributed by atoms with Gasteiger partial charge in [0.2, 0.25) is 10.0 Å². The first-order valence-electron chi connectivity index (χ1n) is 5.94. The standard InChI is InChI=1S/C12H19N3O2S/c1-10-9-11(13)3-4-12(10)14-5-7-15(8-6-14)18(2,16)17/h3-4,9H,5-8,13H2,1-2H3. The molecule has 18 heavy (non-hydrogen) atoms. The molecular formula is C12H19N3O2S. The first kappa shape index (κ1) is 13.2. The summed E-state index contributed by atoms with van der Waals surface area (Å²) in [5, 5.41) is 0. The third-order valence-corrected chi connectivity index (χ3v) is 4.57. The van der Waals surface area contributed by atoms with E-state index >= 15 is 0 Å². The number of sulfonamides is 1. The normalized spacial score (nSPS) is 18.0. The van der Waals surface area contributed by atoms with Crippen molar-refractivity contribution < 1.29 is 8.42 Å². The van der Waals surface area contributed by atoms with Crippen molar-refractivity contribution in [2.24, 2.45) is 0 Å². The van der Waals surface area contributed by atoms with E-state index in [1.54, 1.807) is 0 Å². The van der Waals surface area contributed by atoms with Crippen molar-refractivity contribution in [1.82, 2.24) is 4.31 Å². The molecule has 0 aromatic heterocycles. The van der Waals surface area contributed by atoms with Gasteiger partial charge in [-0.25, -0.2) is 8.42 Å².